The summed E-state index contributed by atoms with van der Waals surface area (Å²) in [4.78, 5) is 4.39. The molecule has 0 fully saturated rings. The lowest BCUT2D eigenvalue weighted by Crippen LogP contribution is -2.05. The van der Waals surface area contributed by atoms with Gasteiger partial charge in [0.05, 0.1) is 25.6 Å². The standard InChI is InChI=1S/C14H17N5O2/c1-8-12-13(18(2)17-8)19(14(15)16-12)9-5-6-10(20-3)11(7-9)21-4/h5-7H,1-4H3,(H2,15,16). The van der Waals surface area contributed by atoms with Crippen molar-refractivity contribution >= 4 is 17.1 Å². The van der Waals surface area contributed by atoms with E-state index >= 15 is 0 Å². The highest BCUT2D eigenvalue weighted by molar-refractivity contribution is 5.80. The summed E-state index contributed by atoms with van der Waals surface area (Å²) in [7, 11) is 5.07. The number of benzene rings is 1. The SMILES string of the molecule is COc1ccc(-n2c(N)nc3c(C)nn(C)c32)cc1OC. The molecular weight excluding hydrogens is 270 g/mol. The van der Waals surface area contributed by atoms with Gasteiger partial charge in [-0.25, -0.2) is 9.67 Å². The first kappa shape index (κ1) is 13.3. The molecule has 110 valence electrons. The summed E-state index contributed by atoms with van der Waals surface area (Å²) < 4.78 is 14.2. The van der Waals surface area contributed by atoms with Gasteiger partial charge in [-0.2, -0.15) is 5.10 Å². The molecule has 0 amide bonds. The molecule has 0 aliphatic heterocycles. The number of methoxy groups -OCH3 is 2. The van der Waals surface area contributed by atoms with Gasteiger partial charge in [0.15, 0.2) is 17.1 Å². The van der Waals surface area contributed by atoms with Crippen molar-refractivity contribution in [3.05, 3.63) is 23.9 Å². The fourth-order valence-corrected chi connectivity index (χ4v) is 2.51. The van der Waals surface area contributed by atoms with E-state index in [0.717, 1.165) is 22.5 Å². The Kier molecular flexibility index (Phi) is 2.97. The van der Waals surface area contributed by atoms with Crippen LogP contribution < -0.4 is 15.2 Å². The lowest BCUT2D eigenvalue weighted by Gasteiger charge is -2.11. The lowest BCUT2D eigenvalue weighted by atomic mass is 10.2. The van der Waals surface area contributed by atoms with Crippen LogP contribution in [0.25, 0.3) is 16.9 Å². The normalized spacial score (nSPS) is 11.0. The Morgan fingerprint density at radius 3 is 2.52 bits per heavy atom. The van der Waals surface area contributed by atoms with E-state index in [1.165, 1.54) is 0 Å². The Morgan fingerprint density at radius 1 is 1.14 bits per heavy atom. The molecule has 2 aromatic heterocycles. The predicted molar refractivity (Wildman–Crippen MR) is 80.1 cm³/mol. The molecule has 0 bridgehead atoms. The van der Waals surface area contributed by atoms with E-state index in [2.05, 4.69) is 10.1 Å². The van der Waals surface area contributed by atoms with Crippen LogP contribution in [-0.4, -0.2) is 33.6 Å². The van der Waals surface area contributed by atoms with Crippen molar-refractivity contribution in [2.45, 2.75) is 6.92 Å². The van der Waals surface area contributed by atoms with Gasteiger partial charge in [-0.05, 0) is 19.1 Å². The van der Waals surface area contributed by atoms with Gasteiger partial charge >= 0.3 is 0 Å². The molecule has 0 spiro atoms. The Balaban J connectivity index is 2.27. The zero-order chi connectivity index (χ0) is 15.1. The molecule has 3 rings (SSSR count). The minimum absolute atomic E-state index is 0.410. The predicted octanol–water partition coefficient (Wildman–Crippen LogP) is 1.67. The topological polar surface area (TPSA) is 80.1 Å². The first-order chi connectivity index (χ1) is 10.1. The third-order valence-electron chi connectivity index (χ3n) is 3.45. The van der Waals surface area contributed by atoms with Gasteiger partial charge in [0.2, 0.25) is 5.95 Å². The molecule has 3 aromatic rings. The van der Waals surface area contributed by atoms with Crippen LogP contribution in [0, 0.1) is 6.92 Å². The Morgan fingerprint density at radius 2 is 1.86 bits per heavy atom. The number of ether oxygens (including phenoxy) is 2. The van der Waals surface area contributed by atoms with E-state index in [9.17, 15) is 0 Å². The second-order valence-corrected chi connectivity index (χ2v) is 4.73. The molecule has 7 heteroatoms. The summed E-state index contributed by atoms with van der Waals surface area (Å²) in [6, 6.07) is 5.60. The first-order valence-electron chi connectivity index (χ1n) is 6.46. The third-order valence-corrected chi connectivity index (χ3v) is 3.45. The number of hydrogen-bond acceptors (Lipinski definition) is 5. The summed E-state index contributed by atoms with van der Waals surface area (Å²) in [6.07, 6.45) is 0. The molecular formula is C14H17N5O2. The zero-order valence-electron chi connectivity index (χ0n) is 12.4. The largest absolute Gasteiger partial charge is 0.493 e. The van der Waals surface area contributed by atoms with Crippen LogP contribution in [0.5, 0.6) is 11.5 Å². The molecule has 0 unspecified atom stereocenters. The smallest absolute Gasteiger partial charge is 0.207 e. The molecule has 2 N–H and O–H groups in total. The van der Waals surface area contributed by atoms with Crippen LogP contribution in [0.1, 0.15) is 5.69 Å². The number of fused-ring (bicyclic) bond motifs is 1. The van der Waals surface area contributed by atoms with Crippen molar-refractivity contribution in [2.24, 2.45) is 7.05 Å². The quantitative estimate of drug-likeness (QED) is 0.792. The van der Waals surface area contributed by atoms with Crippen LogP contribution >= 0.6 is 0 Å². The van der Waals surface area contributed by atoms with E-state index in [0.29, 0.717) is 17.4 Å². The van der Waals surface area contributed by atoms with Gasteiger partial charge < -0.3 is 15.2 Å². The summed E-state index contributed by atoms with van der Waals surface area (Å²) in [5.74, 6) is 1.71. The van der Waals surface area contributed by atoms with Crippen molar-refractivity contribution in [1.29, 1.82) is 0 Å². The van der Waals surface area contributed by atoms with E-state index in [1.807, 2.05) is 36.7 Å². The zero-order valence-corrected chi connectivity index (χ0v) is 12.4. The molecule has 0 radical (unpaired) electrons. The van der Waals surface area contributed by atoms with Gasteiger partial charge in [0.25, 0.3) is 0 Å². The number of nitrogens with zero attached hydrogens (tertiary/aromatic N) is 4. The van der Waals surface area contributed by atoms with Crippen molar-refractivity contribution in [3.63, 3.8) is 0 Å². The number of imidazole rings is 1. The summed E-state index contributed by atoms with van der Waals surface area (Å²) in [6.45, 7) is 1.91. The minimum atomic E-state index is 0.410. The lowest BCUT2D eigenvalue weighted by molar-refractivity contribution is 0.355. The van der Waals surface area contributed by atoms with E-state index < -0.39 is 0 Å². The number of anilines is 1. The van der Waals surface area contributed by atoms with Crippen molar-refractivity contribution in [1.82, 2.24) is 19.3 Å². The second-order valence-electron chi connectivity index (χ2n) is 4.73. The molecule has 7 nitrogen and oxygen atoms in total. The molecule has 2 heterocycles. The molecule has 0 saturated heterocycles. The fraction of sp³-hybridized carbons (Fsp3) is 0.286. The number of hydrogen-bond donors (Lipinski definition) is 1. The van der Waals surface area contributed by atoms with E-state index in [-0.39, 0.29) is 0 Å². The average Bonchev–Trinajstić information content (AvgIpc) is 2.96. The number of rotatable bonds is 3. The Labute approximate surface area is 121 Å². The molecule has 0 atom stereocenters. The summed E-state index contributed by atoms with van der Waals surface area (Å²) in [5, 5.41) is 4.38. The molecule has 0 aliphatic rings. The Bertz CT molecular complexity index is 818. The van der Waals surface area contributed by atoms with Crippen molar-refractivity contribution in [2.75, 3.05) is 20.0 Å². The number of aromatic nitrogens is 4. The Hall–Kier alpha value is -2.70. The molecule has 0 saturated carbocycles. The molecule has 21 heavy (non-hydrogen) atoms. The van der Waals surface area contributed by atoms with Crippen LogP contribution in [0.4, 0.5) is 5.95 Å². The van der Waals surface area contributed by atoms with Crippen molar-refractivity contribution < 1.29 is 9.47 Å². The van der Waals surface area contributed by atoms with Crippen LogP contribution in [0.15, 0.2) is 18.2 Å². The van der Waals surface area contributed by atoms with E-state index in [1.54, 1.807) is 18.9 Å². The maximum absolute atomic E-state index is 6.07. The van der Waals surface area contributed by atoms with Gasteiger partial charge in [0.1, 0.15) is 5.52 Å². The van der Waals surface area contributed by atoms with Gasteiger partial charge in [-0.3, -0.25) is 4.57 Å². The second kappa shape index (κ2) is 4.69. The monoisotopic (exact) mass is 287 g/mol. The average molecular weight is 287 g/mol. The van der Waals surface area contributed by atoms with Crippen molar-refractivity contribution in [3.8, 4) is 17.2 Å². The number of aryl methyl sites for hydroxylation is 2. The van der Waals surface area contributed by atoms with E-state index in [4.69, 9.17) is 15.2 Å². The summed E-state index contributed by atoms with van der Waals surface area (Å²) in [5.41, 5.74) is 9.40. The minimum Gasteiger partial charge on any atom is -0.493 e. The maximum Gasteiger partial charge on any atom is 0.207 e. The van der Waals surface area contributed by atoms with Crippen LogP contribution in [-0.2, 0) is 7.05 Å². The van der Waals surface area contributed by atoms with Gasteiger partial charge in [-0.1, -0.05) is 0 Å². The number of nitrogens with two attached hydrogens (primary N) is 1. The maximum atomic E-state index is 6.07. The molecule has 0 aliphatic carbocycles. The van der Waals surface area contributed by atoms with Crippen LogP contribution in [0.3, 0.4) is 0 Å². The third kappa shape index (κ3) is 1.89. The molecule has 1 aromatic carbocycles. The van der Waals surface area contributed by atoms with Gasteiger partial charge in [0, 0.05) is 13.1 Å². The summed E-state index contributed by atoms with van der Waals surface area (Å²) >= 11 is 0. The highest BCUT2D eigenvalue weighted by Crippen LogP contribution is 2.32. The fourth-order valence-electron chi connectivity index (χ4n) is 2.51. The number of nitrogen functional groups attached to an aromatic ring is 1. The highest BCUT2D eigenvalue weighted by atomic mass is 16.5. The highest BCUT2D eigenvalue weighted by Gasteiger charge is 2.18. The first-order valence-corrected chi connectivity index (χ1v) is 6.46. The van der Waals surface area contributed by atoms with Gasteiger partial charge in [-0.15, -0.1) is 0 Å². The van der Waals surface area contributed by atoms with Crippen LogP contribution in [0.2, 0.25) is 0 Å².